The number of ether oxygens (including phenoxy) is 1. The molecule has 3 rings (SSSR count). The number of nitrogens with one attached hydrogen (secondary N) is 3. The first kappa shape index (κ1) is 22.2. The van der Waals surface area contributed by atoms with Crippen LogP contribution in [-0.2, 0) is 14.5 Å². The molecule has 166 valence electrons. The van der Waals surface area contributed by atoms with Crippen molar-refractivity contribution in [3.8, 4) is 5.75 Å². The molecule has 0 spiro atoms. The molecule has 1 aliphatic rings. The fourth-order valence-corrected chi connectivity index (χ4v) is 3.65. The highest BCUT2D eigenvalue weighted by Crippen LogP contribution is 2.33. The average Bonchev–Trinajstić information content (AvgIpc) is 3.59. The van der Waals surface area contributed by atoms with Crippen molar-refractivity contribution >= 4 is 44.7 Å². The van der Waals surface area contributed by atoms with Gasteiger partial charge in [-0.2, -0.15) is 0 Å². The maximum absolute atomic E-state index is 13.0. The van der Waals surface area contributed by atoms with Gasteiger partial charge in [0.15, 0.2) is 23.1 Å². The molecule has 1 atom stereocenters. The molecular weight excluding hydrogens is 424 g/mol. The summed E-state index contributed by atoms with van der Waals surface area (Å²) in [5.41, 5.74) is 6.07. The fraction of sp³-hybridized carbons (Fsp3) is 0.389. The van der Waals surface area contributed by atoms with Gasteiger partial charge in [-0.15, -0.1) is 10.2 Å². The van der Waals surface area contributed by atoms with E-state index in [1.165, 1.54) is 39.6 Å². The van der Waals surface area contributed by atoms with Gasteiger partial charge in [0.2, 0.25) is 5.91 Å². The van der Waals surface area contributed by atoms with Crippen molar-refractivity contribution in [1.82, 2.24) is 20.5 Å². The number of nitrogens with zero attached hydrogens (tertiary/aromatic N) is 4. The van der Waals surface area contributed by atoms with Crippen LogP contribution in [0.5, 0.6) is 5.75 Å². The summed E-state index contributed by atoms with van der Waals surface area (Å²) in [4.78, 5) is 28.9. The molecule has 1 saturated carbocycles. The van der Waals surface area contributed by atoms with Crippen molar-refractivity contribution in [2.24, 2.45) is 10.3 Å². The van der Waals surface area contributed by atoms with E-state index >= 15 is 0 Å². The number of rotatable bonds is 7. The lowest BCUT2D eigenvalue weighted by molar-refractivity contribution is -0.117. The van der Waals surface area contributed by atoms with Gasteiger partial charge in [0.25, 0.3) is 5.91 Å². The van der Waals surface area contributed by atoms with Crippen LogP contribution < -0.4 is 26.4 Å². The normalized spacial score (nSPS) is 14.8. The number of amides is 2. The highest BCUT2D eigenvalue weighted by atomic mass is 32.2. The van der Waals surface area contributed by atoms with Crippen LogP contribution in [0.25, 0.3) is 0 Å². The van der Waals surface area contributed by atoms with Crippen LogP contribution in [0, 0.1) is 5.92 Å². The van der Waals surface area contributed by atoms with Crippen molar-refractivity contribution < 1.29 is 18.5 Å². The molecule has 12 nitrogen and oxygen atoms in total. The molecule has 0 aromatic carbocycles. The van der Waals surface area contributed by atoms with Crippen molar-refractivity contribution in [2.45, 2.75) is 17.7 Å². The van der Waals surface area contributed by atoms with Gasteiger partial charge in [0.1, 0.15) is 5.82 Å². The number of nitrogen functional groups attached to an aromatic ring is 1. The number of nitrogens with two attached hydrogens (primary N) is 1. The second kappa shape index (κ2) is 8.71. The largest absolute Gasteiger partial charge is 0.493 e. The molecular formula is C18H24N8O4S. The summed E-state index contributed by atoms with van der Waals surface area (Å²) in [7, 11) is 1.42. The van der Waals surface area contributed by atoms with E-state index in [4.69, 9.17) is 10.5 Å². The summed E-state index contributed by atoms with van der Waals surface area (Å²) in [5, 5.41) is 15.9. The Kier molecular flexibility index (Phi) is 6.24. The standard InChI is InChI=1S/C18H24N8O4S/c1-20-18(28)14-10(7-13(25-26-14)23-17(27)9-5-6-9)22-16-12(31(4,29)21-2)8-11(30-3)15(19)24-16/h7-9H,5-6H2,1-4H3,(H,20,28)(H4,19,22,23,24,25,27). The third kappa shape index (κ3) is 4.82. The van der Waals surface area contributed by atoms with Crippen LogP contribution in [0.1, 0.15) is 23.3 Å². The fourth-order valence-electron chi connectivity index (χ4n) is 2.67. The maximum atomic E-state index is 13.0. The first-order valence-electron chi connectivity index (χ1n) is 9.32. The molecule has 1 aliphatic carbocycles. The lowest BCUT2D eigenvalue weighted by Crippen LogP contribution is -2.23. The molecule has 0 saturated heterocycles. The summed E-state index contributed by atoms with van der Waals surface area (Å²) < 4.78 is 22.1. The molecule has 13 heteroatoms. The molecule has 2 aromatic rings. The van der Waals surface area contributed by atoms with E-state index < -0.39 is 15.6 Å². The molecule has 0 aliphatic heterocycles. The number of carbonyl (C=O) groups excluding carboxylic acids is 2. The number of methoxy groups -OCH3 is 1. The van der Waals surface area contributed by atoms with Gasteiger partial charge in [0, 0.05) is 38.4 Å². The predicted octanol–water partition coefficient (Wildman–Crippen LogP) is 1.00. The van der Waals surface area contributed by atoms with Crippen molar-refractivity contribution in [2.75, 3.05) is 43.8 Å². The SMILES string of the molecule is CN=S(C)(=O)c1cc(OC)c(N)nc1Nc1cc(NC(=O)C2CC2)nnc1C(=O)NC. The Labute approximate surface area is 179 Å². The third-order valence-corrected chi connectivity index (χ3v) is 6.47. The van der Waals surface area contributed by atoms with E-state index in [2.05, 4.69) is 35.5 Å². The van der Waals surface area contributed by atoms with Crippen LogP contribution >= 0.6 is 0 Å². The summed E-state index contributed by atoms with van der Waals surface area (Å²) in [6, 6.07) is 2.92. The topological polar surface area (TPSA) is 174 Å². The monoisotopic (exact) mass is 448 g/mol. The first-order valence-corrected chi connectivity index (χ1v) is 11.2. The minimum absolute atomic E-state index is 0.0394. The number of hydrogen-bond acceptors (Lipinski definition) is 10. The molecule has 2 aromatic heterocycles. The van der Waals surface area contributed by atoms with Crippen molar-refractivity contribution in [1.29, 1.82) is 0 Å². The highest BCUT2D eigenvalue weighted by Gasteiger charge is 2.30. The first-order chi connectivity index (χ1) is 14.7. The van der Waals surface area contributed by atoms with Crippen LogP contribution in [0.3, 0.4) is 0 Å². The van der Waals surface area contributed by atoms with E-state index in [1.54, 1.807) is 0 Å². The molecule has 1 unspecified atom stereocenters. The molecule has 0 radical (unpaired) electrons. The van der Waals surface area contributed by atoms with Crippen LogP contribution in [0.2, 0.25) is 0 Å². The second-order valence-electron chi connectivity index (χ2n) is 6.87. The second-order valence-corrected chi connectivity index (χ2v) is 9.28. The zero-order valence-corrected chi connectivity index (χ0v) is 18.4. The number of aromatic nitrogens is 3. The Morgan fingerprint density at radius 2 is 2.00 bits per heavy atom. The van der Waals surface area contributed by atoms with E-state index in [9.17, 15) is 13.8 Å². The molecule has 5 N–H and O–H groups in total. The average molecular weight is 449 g/mol. The third-order valence-electron chi connectivity index (χ3n) is 4.65. The predicted molar refractivity (Wildman–Crippen MR) is 116 cm³/mol. The van der Waals surface area contributed by atoms with Gasteiger partial charge in [-0.05, 0) is 12.8 Å². The van der Waals surface area contributed by atoms with Crippen molar-refractivity contribution in [3.05, 3.63) is 17.8 Å². The van der Waals surface area contributed by atoms with E-state index in [0.29, 0.717) is 0 Å². The lowest BCUT2D eigenvalue weighted by atomic mass is 10.2. The number of anilines is 4. The zero-order valence-electron chi connectivity index (χ0n) is 17.6. The van der Waals surface area contributed by atoms with Crippen LogP contribution in [0.4, 0.5) is 23.1 Å². The van der Waals surface area contributed by atoms with Gasteiger partial charge >= 0.3 is 0 Å². The molecule has 0 bridgehead atoms. The number of carbonyl (C=O) groups is 2. The van der Waals surface area contributed by atoms with E-state index in [0.717, 1.165) is 12.8 Å². The Hall–Kier alpha value is -3.48. The molecule has 2 amide bonds. The summed E-state index contributed by atoms with van der Waals surface area (Å²) >= 11 is 0. The quantitative estimate of drug-likeness (QED) is 0.482. The number of hydrogen-bond donors (Lipinski definition) is 4. The van der Waals surface area contributed by atoms with Crippen molar-refractivity contribution in [3.63, 3.8) is 0 Å². The van der Waals surface area contributed by atoms with Crippen LogP contribution in [-0.4, -0.2) is 58.7 Å². The Bertz CT molecular complexity index is 1160. The van der Waals surface area contributed by atoms with Gasteiger partial charge in [-0.25, -0.2) is 13.6 Å². The molecule has 31 heavy (non-hydrogen) atoms. The number of pyridine rings is 1. The summed E-state index contributed by atoms with van der Waals surface area (Å²) in [6.45, 7) is 0. The van der Waals surface area contributed by atoms with Gasteiger partial charge in [-0.3, -0.25) is 9.59 Å². The molecule has 1 fully saturated rings. The Balaban J connectivity index is 2.09. The lowest BCUT2D eigenvalue weighted by Gasteiger charge is -2.16. The van der Waals surface area contributed by atoms with Gasteiger partial charge in [-0.1, -0.05) is 0 Å². The minimum Gasteiger partial charge on any atom is -0.493 e. The smallest absolute Gasteiger partial charge is 0.273 e. The Morgan fingerprint density at radius 3 is 2.58 bits per heavy atom. The van der Waals surface area contributed by atoms with Gasteiger partial charge < -0.3 is 26.4 Å². The summed E-state index contributed by atoms with van der Waals surface area (Å²) in [5.74, 6) is -0.178. The maximum Gasteiger partial charge on any atom is 0.273 e. The van der Waals surface area contributed by atoms with E-state index in [1.807, 2.05) is 0 Å². The Morgan fingerprint density at radius 1 is 1.29 bits per heavy atom. The van der Waals surface area contributed by atoms with Crippen LogP contribution in [0.15, 0.2) is 21.4 Å². The minimum atomic E-state index is -2.86. The zero-order chi connectivity index (χ0) is 22.8. The highest BCUT2D eigenvalue weighted by molar-refractivity contribution is 7.93. The van der Waals surface area contributed by atoms with Gasteiger partial charge in [0.05, 0.1) is 27.4 Å². The van der Waals surface area contributed by atoms with E-state index in [-0.39, 0.29) is 51.3 Å². The summed E-state index contributed by atoms with van der Waals surface area (Å²) in [6.07, 6.45) is 3.09. The molecule has 2 heterocycles.